The van der Waals surface area contributed by atoms with Gasteiger partial charge in [-0.05, 0) is 32.6 Å². The molecule has 1 saturated heterocycles. The van der Waals surface area contributed by atoms with Crippen LogP contribution in [0.15, 0.2) is 16.9 Å². The van der Waals surface area contributed by atoms with E-state index in [1.807, 2.05) is 17.2 Å². The van der Waals surface area contributed by atoms with Crippen LogP contribution in [0, 0.1) is 0 Å². The molecule has 1 aliphatic carbocycles. The number of likely N-dealkylation sites (tertiary alicyclic amines) is 1. The number of amides is 1. The van der Waals surface area contributed by atoms with Crippen molar-refractivity contribution >= 4 is 12.1 Å². The Morgan fingerprint density at radius 3 is 2.60 bits per heavy atom. The van der Waals surface area contributed by atoms with E-state index < -0.39 is 0 Å². The summed E-state index contributed by atoms with van der Waals surface area (Å²) in [5.41, 5.74) is 0.918. The molecule has 110 valence electrons. The molecule has 20 heavy (non-hydrogen) atoms. The second-order valence-electron chi connectivity index (χ2n) is 6.25. The lowest BCUT2D eigenvalue weighted by molar-refractivity contribution is -0.916. The molecule has 4 heteroatoms. The molecule has 1 saturated carbocycles. The Morgan fingerprint density at radius 1 is 1.25 bits per heavy atom. The molecule has 2 aliphatic heterocycles. The zero-order chi connectivity index (χ0) is 14.0. The lowest BCUT2D eigenvalue weighted by Crippen LogP contribution is -2.53. The largest absolute Gasteiger partial charge is 0.334 e. The molecule has 3 rings (SSSR count). The smallest absolute Gasteiger partial charge is 0.310 e. The predicted molar refractivity (Wildman–Crippen MR) is 80.1 cm³/mol. The van der Waals surface area contributed by atoms with E-state index in [2.05, 4.69) is 6.92 Å². The van der Waals surface area contributed by atoms with Crippen LogP contribution in [0.5, 0.6) is 0 Å². The summed E-state index contributed by atoms with van der Waals surface area (Å²) >= 11 is 0. The summed E-state index contributed by atoms with van der Waals surface area (Å²) in [4.78, 5) is 14.8. The van der Waals surface area contributed by atoms with Gasteiger partial charge in [-0.15, -0.1) is 0 Å². The van der Waals surface area contributed by atoms with Gasteiger partial charge in [0, 0.05) is 32.0 Å². The quantitative estimate of drug-likeness (QED) is 0.729. The van der Waals surface area contributed by atoms with Gasteiger partial charge in [0.15, 0.2) is 0 Å². The number of quaternary nitrogens is 1. The van der Waals surface area contributed by atoms with Crippen molar-refractivity contribution in [2.75, 3.05) is 19.6 Å². The molecule has 1 amide bonds. The average Bonchev–Trinajstić information content (AvgIpc) is 3.17. The lowest BCUT2D eigenvalue weighted by atomic mass is 9.93. The molecule has 0 aromatic heterocycles. The van der Waals surface area contributed by atoms with Crippen molar-refractivity contribution in [3.8, 4) is 0 Å². The van der Waals surface area contributed by atoms with Crippen LogP contribution in [-0.4, -0.2) is 47.3 Å². The van der Waals surface area contributed by atoms with Crippen molar-refractivity contribution in [2.45, 2.75) is 57.9 Å². The number of hydrogen-bond donors (Lipinski definition) is 0. The second-order valence-corrected chi connectivity index (χ2v) is 6.25. The van der Waals surface area contributed by atoms with Crippen LogP contribution in [0.1, 0.15) is 51.9 Å². The maximum Gasteiger partial charge on any atom is 0.310 e. The predicted octanol–water partition coefficient (Wildman–Crippen LogP) is 2.66. The van der Waals surface area contributed by atoms with E-state index in [0.29, 0.717) is 10.6 Å². The maximum atomic E-state index is 12.8. The second kappa shape index (κ2) is 5.68. The molecule has 1 unspecified atom stereocenters. The topological polar surface area (TPSA) is 32.7 Å². The SMILES string of the molecule is CC[N+]1(C2CCCCC2)N=CC=C1C(=O)N1CCCC1. The van der Waals surface area contributed by atoms with Gasteiger partial charge in [-0.2, -0.15) is 4.59 Å². The molecule has 0 radical (unpaired) electrons. The molecule has 0 aromatic carbocycles. The first-order valence-corrected chi connectivity index (χ1v) is 8.21. The number of carbonyl (C=O) groups is 1. The highest BCUT2D eigenvalue weighted by molar-refractivity contribution is 5.96. The Morgan fingerprint density at radius 2 is 1.95 bits per heavy atom. The number of likely N-dealkylation sites (N-methyl/N-ethyl adjacent to an activating group) is 1. The van der Waals surface area contributed by atoms with Crippen molar-refractivity contribution in [1.29, 1.82) is 0 Å². The summed E-state index contributed by atoms with van der Waals surface area (Å²) in [5, 5.41) is 4.76. The van der Waals surface area contributed by atoms with E-state index in [-0.39, 0.29) is 5.91 Å². The number of rotatable bonds is 3. The van der Waals surface area contributed by atoms with Crippen molar-refractivity contribution in [3.63, 3.8) is 0 Å². The first-order valence-electron chi connectivity index (χ1n) is 8.21. The molecule has 0 N–H and O–H groups in total. The summed E-state index contributed by atoms with van der Waals surface area (Å²) in [6.07, 6.45) is 12.4. The van der Waals surface area contributed by atoms with Gasteiger partial charge in [0.05, 0.1) is 6.21 Å². The van der Waals surface area contributed by atoms with Crippen molar-refractivity contribution < 1.29 is 9.39 Å². The molecule has 0 spiro atoms. The Hall–Kier alpha value is -1.16. The molecule has 4 nitrogen and oxygen atoms in total. The van der Waals surface area contributed by atoms with Gasteiger partial charge in [0.1, 0.15) is 12.6 Å². The van der Waals surface area contributed by atoms with Crippen LogP contribution in [0.4, 0.5) is 0 Å². The van der Waals surface area contributed by atoms with Gasteiger partial charge in [0.2, 0.25) is 5.70 Å². The highest BCUT2D eigenvalue weighted by Gasteiger charge is 2.47. The van der Waals surface area contributed by atoms with E-state index in [0.717, 1.165) is 38.2 Å². The van der Waals surface area contributed by atoms with Gasteiger partial charge in [-0.3, -0.25) is 4.79 Å². The number of carbonyl (C=O) groups excluding carboxylic acids is 1. The van der Waals surface area contributed by atoms with E-state index in [1.165, 1.54) is 32.1 Å². The van der Waals surface area contributed by atoms with Crippen LogP contribution in [0.25, 0.3) is 0 Å². The fourth-order valence-corrected chi connectivity index (χ4v) is 4.04. The van der Waals surface area contributed by atoms with Crippen LogP contribution in [0.2, 0.25) is 0 Å². The third-order valence-corrected chi connectivity index (χ3v) is 5.20. The minimum Gasteiger partial charge on any atom is -0.334 e. The molecular weight excluding hydrogens is 250 g/mol. The van der Waals surface area contributed by atoms with Crippen LogP contribution >= 0.6 is 0 Å². The zero-order valence-electron chi connectivity index (χ0n) is 12.6. The molecule has 0 aromatic rings. The van der Waals surface area contributed by atoms with Crippen molar-refractivity contribution in [3.05, 3.63) is 11.8 Å². The van der Waals surface area contributed by atoms with Gasteiger partial charge < -0.3 is 4.90 Å². The minimum absolute atomic E-state index is 0.229. The van der Waals surface area contributed by atoms with Crippen molar-refractivity contribution in [2.24, 2.45) is 5.10 Å². The summed E-state index contributed by atoms with van der Waals surface area (Å²) in [6.45, 7) is 4.91. The third-order valence-electron chi connectivity index (χ3n) is 5.20. The van der Waals surface area contributed by atoms with E-state index >= 15 is 0 Å². The monoisotopic (exact) mass is 276 g/mol. The fraction of sp³-hybridized carbons (Fsp3) is 0.750. The average molecular weight is 276 g/mol. The van der Waals surface area contributed by atoms with Gasteiger partial charge in [-0.1, -0.05) is 11.5 Å². The molecule has 1 atom stereocenters. The Labute approximate surface area is 121 Å². The lowest BCUT2D eigenvalue weighted by Gasteiger charge is -2.39. The van der Waals surface area contributed by atoms with E-state index in [4.69, 9.17) is 5.10 Å². The summed E-state index contributed by atoms with van der Waals surface area (Å²) < 4.78 is 0.565. The number of nitrogens with zero attached hydrogens (tertiary/aromatic N) is 3. The van der Waals surface area contributed by atoms with Gasteiger partial charge >= 0.3 is 5.91 Å². The third kappa shape index (κ3) is 2.20. The molecular formula is C16H26N3O+. The molecule has 2 fully saturated rings. The van der Waals surface area contributed by atoms with Gasteiger partial charge in [0.25, 0.3) is 0 Å². The van der Waals surface area contributed by atoms with E-state index in [1.54, 1.807) is 0 Å². The van der Waals surface area contributed by atoms with Crippen molar-refractivity contribution in [1.82, 2.24) is 4.90 Å². The fourth-order valence-electron chi connectivity index (χ4n) is 4.04. The molecule has 0 bridgehead atoms. The highest BCUT2D eigenvalue weighted by Crippen LogP contribution is 2.36. The molecule has 3 aliphatic rings. The number of hydrogen-bond acceptors (Lipinski definition) is 2. The van der Waals surface area contributed by atoms with Crippen LogP contribution < -0.4 is 0 Å². The zero-order valence-corrected chi connectivity index (χ0v) is 12.6. The molecule has 2 heterocycles. The first kappa shape index (κ1) is 13.8. The van der Waals surface area contributed by atoms with Crippen LogP contribution in [-0.2, 0) is 4.79 Å². The minimum atomic E-state index is 0.229. The summed E-state index contributed by atoms with van der Waals surface area (Å²) in [6, 6.07) is 0.505. The summed E-state index contributed by atoms with van der Waals surface area (Å²) in [5.74, 6) is 0.229. The Kier molecular flexibility index (Phi) is 3.92. The maximum absolute atomic E-state index is 12.8. The normalized spacial score (nSPS) is 30.9. The number of allylic oxidation sites excluding steroid dienone is 1. The first-order chi connectivity index (χ1) is 9.78. The standard InChI is InChI=1S/C16H26N3O/c1-2-19(14-8-4-3-5-9-14)15(10-11-17-19)16(20)18-12-6-7-13-18/h10-11,14H,2-9,12-13H2,1H3/q+1. The Balaban J connectivity index is 1.83. The Bertz CT molecular complexity index is 431. The van der Waals surface area contributed by atoms with Crippen LogP contribution in [0.3, 0.4) is 0 Å². The van der Waals surface area contributed by atoms with Gasteiger partial charge in [-0.25, -0.2) is 0 Å². The van der Waals surface area contributed by atoms with E-state index in [9.17, 15) is 4.79 Å². The summed E-state index contributed by atoms with van der Waals surface area (Å²) in [7, 11) is 0. The highest BCUT2D eigenvalue weighted by atomic mass is 16.2.